The zero-order chi connectivity index (χ0) is 14.2. The van der Waals surface area contributed by atoms with Crippen molar-refractivity contribution < 1.29 is 19.4 Å². The maximum absolute atomic E-state index is 11.0. The fraction of sp³-hybridized carbons (Fsp3) is 0.500. The molecule has 0 spiro atoms. The normalized spacial score (nSPS) is 27.8. The van der Waals surface area contributed by atoms with E-state index in [9.17, 15) is 4.79 Å². The Morgan fingerprint density at radius 1 is 1.50 bits per heavy atom. The minimum Gasteiger partial charge on any atom is -0.480 e. The van der Waals surface area contributed by atoms with Gasteiger partial charge in [-0.2, -0.15) is 0 Å². The number of aryl methyl sites for hydroxylation is 1. The average Bonchev–Trinajstić information content (AvgIpc) is 3.03. The van der Waals surface area contributed by atoms with E-state index in [2.05, 4.69) is 12.2 Å². The Balaban J connectivity index is 1.61. The number of carboxylic acids is 1. The van der Waals surface area contributed by atoms with Crippen molar-refractivity contribution in [2.45, 2.75) is 30.7 Å². The number of thioether (sulfide) groups is 1. The van der Waals surface area contributed by atoms with E-state index in [0.29, 0.717) is 5.75 Å². The third kappa shape index (κ3) is 2.71. The Labute approximate surface area is 121 Å². The van der Waals surface area contributed by atoms with Crippen LogP contribution < -0.4 is 14.8 Å². The number of carboxylic acid groups (broad SMARTS) is 1. The Morgan fingerprint density at radius 3 is 3.05 bits per heavy atom. The molecule has 2 aliphatic rings. The number of nitrogens with one attached hydrogen (secondary N) is 1. The summed E-state index contributed by atoms with van der Waals surface area (Å²) in [6.07, 6.45) is 1.75. The van der Waals surface area contributed by atoms with Crippen LogP contribution in [0.5, 0.6) is 11.5 Å². The van der Waals surface area contributed by atoms with Gasteiger partial charge >= 0.3 is 5.97 Å². The van der Waals surface area contributed by atoms with Crippen molar-refractivity contribution in [1.82, 2.24) is 5.32 Å². The highest BCUT2D eigenvalue weighted by Gasteiger charge is 2.38. The van der Waals surface area contributed by atoms with Crippen molar-refractivity contribution >= 4 is 17.7 Å². The van der Waals surface area contributed by atoms with Crippen molar-refractivity contribution in [2.75, 3.05) is 12.5 Å². The number of fused-ring (bicyclic) bond motifs is 1. The molecule has 20 heavy (non-hydrogen) atoms. The zero-order valence-electron chi connectivity index (χ0n) is 11.2. The van der Waals surface area contributed by atoms with Gasteiger partial charge in [0.15, 0.2) is 11.5 Å². The van der Waals surface area contributed by atoms with Gasteiger partial charge in [0.1, 0.15) is 6.04 Å². The maximum atomic E-state index is 11.0. The van der Waals surface area contributed by atoms with Gasteiger partial charge in [-0.15, -0.1) is 11.8 Å². The van der Waals surface area contributed by atoms with Gasteiger partial charge in [-0.25, -0.2) is 0 Å². The first-order chi connectivity index (χ1) is 9.56. The van der Waals surface area contributed by atoms with Gasteiger partial charge in [-0.3, -0.25) is 10.1 Å². The summed E-state index contributed by atoms with van der Waals surface area (Å²) < 4.78 is 10.7. The number of rotatable bonds is 4. The topological polar surface area (TPSA) is 67.8 Å². The summed E-state index contributed by atoms with van der Waals surface area (Å²) >= 11 is 1.68. The van der Waals surface area contributed by atoms with E-state index in [0.717, 1.165) is 24.3 Å². The van der Waals surface area contributed by atoms with Crippen molar-refractivity contribution in [3.63, 3.8) is 0 Å². The molecule has 1 aromatic carbocycles. The van der Waals surface area contributed by atoms with Gasteiger partial charge in [0.25, 0.3) is 0 Å². The highest BCUT2D eigenvalue weighted by molar-refractivity contribution is 8.00. The van der Waals surface area contributed by atoms with E-state index < -0.39 is 12.0 Å². The number of aliphatic carboxylic acids is 1. The lowest BCUT2D eigenvalue weighted by molar-refractivity contribution is -0.138. The molecule has 0 aliphatic carbocycles. The van der Waals surface area contributed by atoms with Crippen LogP contribution in [0.3, 0.4) is 0 Å². The van der Waals surface area contributed by atoms with Gasteiger partial charge in [0, 0.05) is 5.75 Å². The Hall–Kier alpha value is -1.40. The molecule has 0 aromatic heterocycles. The van der Waals surface area contributed by atoms with Crippen molar-refractivity contribution in [3.05, 3.63) is 23.8 Å². The van der Waals surface area contributed by atoms with Crippen LogP contribution in [0.2, 0.25) is 0 Å². The molecular weight excluding hydrogens is 278 g/mol. The van der Waals surface area contributed by atoms with Crippen LogP contribution in [0.1, 0.15) is 18.9 Å². The molecular formula is C14H17NO4S. The molecule has 3 rings (SSSR count). The summed E-state index contributed by atoms with van der Waals surface area (Å²) in [5.41, 5.74) is 1.18. The molecule has 0 saturated carbocycles. The molecule has 2 atom stereocenters. The van der Waals surface area contributed by atoms with E-state index in [4.69, 9.17) is 14.6 Å². The lowest BCUT2D eigenvalue weighted by Gasteiger charge is -2.24. The molecule has 2 aliphatic heterocycles. The van der Waals surface area contributed by atoms with Crippen molar-refractivity contribution in [2.24, 2.45) is 0 Å². The standard InChI is InChI=1S/C14H17NO4S/c1-14(15-10(7-20-14)13(16)17)5-4-9-2-3-11-12(6-9)19-8-18-11/h2-3,6,10,15H,4-5,7-8H2,1H3,(H,16,17)/t10-,14?/m0/s1. The van der Waals surface area contributed by atoms with Crippen LogP contribution in [-0.2, 0) is 11.2 Å². The largest absolute Gasteiger partial charge is 0.480 e. The lowest BCUT2D eigenvalue weighted by atomic mass is 10.0. The van der Waals surface area contributed by atoms with Gasteiger partial charge in [-0.1, -0.05) is 6.07 Å². The highest BCUT2D eigenvalue weighted by Crippen LogP contribution is 2.36. The molecule has 0 bridgehead atoms. The summed E-state index contributed by atoms with van der Waals surface area (Å²) in [7, 11) is 0. The SMILES string of the molecule is CC1(CCc2ccc3c(c2)OCO3)N[C@H](C(=O)O)CS1. The zero-order valence-corrected chi connectivity index (χ0v) is 12.0. The molecule has 1 fully saturated rings. The molecule has 6 heteroatoms. The molecule has 1 saturated heterocycles. The smallest absolute Gasteiger partial charge is 0.321 e. The predicted octanol–water partition coefficient (Wildman–Crippen LogP) is 1.85. The lowest BCUT2D eigenvalue weighted by Crippen LogP contribution is -2.43. The molecule has 2 N–H and O–H groups in total. The monoisotopic (exact) mass is 295 g/mol. The van der Waals surface area contributed by atoms with Gasteiger partial charge in [0.05, 0.1) is 4.87 Å². The van der Waals surface area contributed by atoms with Gasteiger partial charge in [0.2, 0.25) is 6.79 Å². The first kappa shape index (κ1) is 13.6. The van der Waals surface area contributed by atoms with Crippen LogP contribution in [0, 0.1) is 0 Å². The average molecular weight is 295 g/mol. The first-order valence-corrected chi connectivity index (χ1v) is 7.57. The number of benzene rings is 1. The number of hydrogen-bond acceptors (Lipinski definition) is 5. The Kier molecular flexibility index (Phi) is 3.52. The van der Waals surface area contributed by atoms with E-state index in [-0.39, 0.29) is 11.7 Å². The number of ether oxygens (including phenoxy) is 2. The highest BCUT2D eigenvalue weighted by atomic mass is 32.2. The molecule has 0 amide bonds. The van der Waals surface area contributed by atoms with Crippen LogP contribution in [-0.4, -0.2) is 34.5 Å². The minimum atomic E-state index is -0.774. The summed E-state index contributed by atoms with van der Waals surface area (Å²) in [6, 6.07) is 5.52. The molecule has 108 valence electrons. The van der Waals surface area contributed by atoms with Crippen LogP contribution in [0.25, 0.3) is 0 Å². The molecule has 5 nitrogen and oxygen atoms in total. The fourth-order valence-electron chi connectivity index (χ4n) is 2.48. The number of carbonyl (C=O) groups is 1. The second-order valence-corrected chi connectivity index (χ2v) is 6.79. The number of hydrogen-bond donors (Lipinski definition) is 2. The molecule has 0 radical (unpaired) electrons. The van der Waals surface area contributed by atoms with Crippen molar-refractivity contribution in [3.8, 4) is 11.5 Å². The van der Waals surface area contributed by atoms with Crippen LogP contribution >= 0.6 is 11.8 Å². The maximum Gasteiger partial charge on any atom is 0.321 e. The third-order valence-corrected chi connectivity index (χ3v) is 5.13. The van der Waals surface area contributed by atoms with E-state index in [1.54, 1.807) is 11.8 Å². The Morgan fingerprint density at radius 2 is 2.30 bits per heavy atom. The molecule has 2 heterocycles. The third-order valence-electron chi connectivity index (χ3n) is 3.67. The van der Waals surface area contributed by atoms with Crippen molar-refractivity contribution in [1.29, 1.82) is 0 Å². The van der Waals surface area contributed by atoms with E-state index in [1.807, 2.05) is 18.2 Å². The quantitative estimate of drug-likeness (QED) is 0.883. The predicted molar refractivity (Wildman–Crippen MR) is 76.3 cm³/mol. The van der Waals surface area contributed by atoms with Gasteiger partial charge in [-0.05, 0) is 37.5 Å². The summed E-state index contributed by atoms with van der Waals surface area (Å²) in [5.74, 6) is 1.43. The minimum absolute atomic E-state index is 0.181. The second-order valence-electron chi connectivity index (χ2n) is 5.26. The summed E-state index contributed by atoms with van der Waals surface area (Å²) in [4.78, 5) is 10.8. The second kappa shape index (κ2) is 5.18. The summed E-state index contributed by atoms with van der Waals surface area (Å²) in [5, 5.41) is 12.2. The van der Waals surface area contributed by atoms with E-state index >= 15 is 0 Å². The molecule has 1 aromatic rings. The molecule has 1 unspecified atom stereocenters. The fourth-order valence-corrected chi connectivity index (χ4v) is 3.71. The first-order valence-electron chi connectivity index (χ1n) is 6.59. The van der Waals surface area contributed by atoms with E-state index in [1.165, 1.54) is 5.56 Å². The van der Waals surface area contributed by atoms with Gasteiger partial charge < -0.3 is 14.6 Å². The summed E-state index contributed by atoms with van der Waals surface area (Å²) in [6.45, 7) is 2.35. The Bertz CT molecular complexity index is 536. The van der Waals surface area contributed by atoms with Crippen LogP contribution in [0.4, 0.5) is 0 Å². The van der Waals surface area contributed by atoms with Crippen LogP contribution in [0.15, 0.2) is 18.2 Å².